The van der Waals surface area contributed by atoms with Crippen molar-refractivity contribution in [3.8, 4) is 0 Å². The van der Waals surface area contributed by atoms with Gasteiger partial charge in [-0.1, -0.05) is 11.6 Å². The van der Waals surface area contributed by atoms with E-state index in [1.165, 1.54) is 6.07 Å². The van der Waals surface area contributed by atoms with E-state index in [2.05, 4.69) is 10.0 Å². The standard InChI is InChI=1S/C14H21ClN2O3S/c1-10-7-12(5-6-20-10)17-21(18,19)13-3-4-14(15)11(8-13)9-16-2/h3-4,8,10,12,16-17H,5-7,9H2,1-2H3. The molecule has 0 bridgehead atoms. The Balaban J connectivity index is 2.17. The minimum Gasteiger partial charge on any atom is -0.378 e. The summed E-state index contributed by atoms with van der Waals surface area (Å²) in [6, 6.07) is 4.69. The van der Waals surface area contributed by atoms with Crippen LogP contribution in [0.15, 0.2) is 23.1 Å². The van der Waals surface area contributed by atoms with Gasteiger partial charge in [0.05, 0.1) is 11.0 Å². The Morgan fingerprint density at radius 2 is 2.19 bits per heavy atom. The molecule has 2 atom stereocenters. The first-order valence-corrected chi connectivity index (χ1v) is 8.85. The molecule has 2 unspecified atom stereocenters. The van der Waals surface area contributed by atoms with Gasteiger partial charge in [0, 0.05) is 24.2 Å². The first-order chi connectivity index (χ1) is 9.92. The van der Waals surface area contributed by atoms with Crippen LogP contribution in [0.4, 0.5) is 0 Å². The summed E-state index contributed by atoms with van der Waals surface area (Å²) >= 11 is 6.06. The topological polar surface area (TPSA) is 67.4 Å². The number of sulfonamides is 1. The van der Waals surface area contributed by atoms with Gasteiger partial charge >= 0.3 is 0 Å². The minimum atomic E-state index is -3.53. The minimum absolute atomic E-state index is 0.0801. The summed E-state index contributed by atoms with van der Waals surface area (Å²) in [6.07, 6.45) is 1.47. The van der Waals surface area contributed by atoms with Crippen molar-refractivity contribution in [2.45, 2.75) is 43.4 Å². The third-order valence-corrected chi connectivity index (χ3v) is 5.39. The summed E-state index contributed by atoms with van der Waals surface area (Å²) in [5.41, 5.74) is 0.766. The van der Waals surface area contributed by atoms with Gasteiger partial charge in [-0.2, -0.15) is 0 Å². The lowest BCUT2D eigenvalue weighted by Gasteiger charge is -2.27. The number of rotatable bonds is 5. The van der Waals surface area contributed by atoms with E-state index in [-0.39, 0.29) is 17.0 Å². The molecule has 1 heterocycles. The fourth-order valence-electron chi connectivity index (χ4n) is 2.44. The quantitative estimate of drug-likeness (QED) is 0.864. The first-order valence-electron chi connectivity index (χ1n) is 6.99. The molecular formula is C14H21ClN2O3S. The second kappa shape index (κ2) is 7.07. The summed E-state index contributed by atoms with van der Waals surface area (Å²) in [4.78, 5) is 0.247. The Hall–Kier alpha value is -0.660. The van der Waals surface area contributed by atoms with Gasteiger partial charge in [-0.3, -0.25) is 0 Å². The van der Waals surface area contributed by atoms with E-state index in [1.807, 2.05) is 6.92 Å². The molecule has 7 heteroatoms. The van der Waals surface area contributed by atoms with Crippen LogP contribution in [-0.4, -0.2) is 34.2 Å². The van der Waals surface area contributed by atoms with Crippen LogP contribution in [0.5, 0.6) is 0 Å². The van der Waals surface area contributed by atoms with Gasteiger partial charge in [-0.25, -0.2) is 13.1 Å². The van der Waals surface area contributed by atoms with Crippen molar-refractivity contribution in [1.29, 1.82) is 0 Å². The molecule has 1 saturated heterocycles. The summed E-state index contributed by atoms with van der Waals surface area (Å²) < 4.78 is 33.1. The largest absolute Gasteiger partial charge is 0.378 e. The Morgan fingerprint density at radius 3 is 2.86 bits per heavy atom. The lowest BCUT2D eigenvalue weighted by molar-refractivity contribution is 0.0173. The molecule has 1 aromatic rings. The molecule has 118 valence electrons. The highest BCUT2D eigenvalue weighted by Crippen LogP contribution is 2.22. The van der Waals surface area contributed by atoms with E-state index in [0.29, 0.717) is 31.0 Å². The molecule has 1 aliphatic heterocycles. The average molecular weight is 333 g/mol. The van der Waals surface area contributed by atoms with Crippen LogP contribution in [0, 0.1) is 0 Å². The zero-order valence-electron chi connectivity index (χ0n) is 12.2. The maximum absolute atomic E-state index is 12.5. The van der Waals surface area contributed by atoms with E-state index in [0.717, 1.165) is 5.56 Å². The van der Waals surface area contributed by atoms with Crippen LogP contribution >= 0.6 is 11.6 Å². The molecule has 1 aliphatic rings. The zero-order chi connectivity index (χ0) is 15.5. The lowest BCUT2D eigenvalue weighted by atomic mass is 10.1. The highest BCUT2D eigenvalue weighted by molar-refractivity contribution is 7.89. The Kier molecular flexibility index (Phi) is 5.62. The second-order valence-electron chi connectivity index (χ2n) is 5.31. The molecule has 5 nitrogen and oxygen atoms in total. The highest BCUT2D eigenvalue weighted by Gasteiger charge is 2.25. The number of benzene rings is 1. The fourth-order valence-corrected chi connectivity index (χ4v) is 3.95. The average Bonchev–Trinajstić information content (AvgIpc) is 2.41. The zero-order valence-corrected chi connectivity index (χ0v) is 13.8. The number of hydrogen-bond donors (Lipinski definition) is 2. The van der Waals surface area contributed by atoms with Gasteiger partial charge in [-0.05, 0) is 50.6 Å². The van der Waals surface area contributed by atoms with E-state index in [9.17, 15) is 8.42 Å². The van der Waals surface area contributed by atoms with Crippen molar-refractivity contribution < 1.29 is 13.2 Å². The van der Waals surface area contributed by atoms with Gasteiger partial charge in [0.2, 0.25) is 10.0 Å². The molecule has 0 amide bonds. The normalized spacial score (nSPS) is 23.2. The smallest absolute Gasteiger partial charge is 0.240 e. The molecular weight excluding hydrogens is 312 g/mol. The van der Waals surface area contributed by atoms with Crippen LogP contribution in [0.25, 0.3) is 0 Å². The van der Waals surface area contributed by atoms with E-state index >= 15 is 0 Å². The Bertz CT molecular complexity index is 592. The van der Waals surface area contributed by atoms with Crippen molar-refractivity contribution in [3.63, 3.8) is 0 Å². The third-order valence-electron chi connectivity index (χ3n) is 3.50. The van der Waals surface area contributed by atoms with Crippen LogP contribution in [0.1, 0.15) is 25.3 Å². The summed E-state index contributed by atoms with van der Waals surface area (Å²) in [5, 5.41) is 3.53. The number of nitrogens with one attached hydrogen (secondary N) is 2. The summed E-state index contributed by atoms with van der Waals surface area (Å²) in [6.45, 7) is 3.06. The van der Waals surface area contributed by atoms with E-state index in [4.69, 9.17) is 16.3 Å². The molecule has 0 aromatic heterocycles. The van der Waals surface area contributed by atoms with Crippen LogP contribution in [-0.2, 0) is 21.3 Å². The fraction of sp³-hybridized carbons (Fsp3) is 0.571. The number of hydrogen-bond acceptors (Lipinski definition) is 4. The Labute approximate surface area is 131 Å². The molecule has 0 radical (unpaired) electrons. The van der Waals surface area contributed by atoms with Gasteiger partial charge < -0.3 is 10.1 Å². The van der Waals surface area contributed by atoms with Gasteiger partial charge in [-0.15, -0.1) is 0 Å². The van der Waals surface area contributed by atoms with Gasteiger partial charge in [0.1, 0.15) is 0 Å². The van der Waals surface area contributed by atoms with E-state index < -0.39 is 10.0 Å². The van der Waals surface area contributed by atoms with E-state index in [1.54, 1.807) is 19.2 Å². The lowest BCUT2D eigenvalue weighted by Crippen LogP contribution is -2.41. The molecule has 1 fully saturated rings. The van der Waals surface area contributed by atoms with Crippen molar-refractivity contribution in [2.75, 3.05) is 13.7 Å². The van der Waals surface area contributed by atoms with Crippen molar-refractivity contribution in [3.05, 3.63) is 28.8 Å². The van der Waals surface area contributed by atoms with Gasteiger partial charge in [0.25, 0.3) is 0 Å². The van der Waals surface area contributed by atoms with Crippen LogP contribution in [0.2, 0.25) is 5.02 Å². The molecule has 0 saturated carbocycles. The van der Waals surface area contributed by atoms with Crippen molar-refractivity contribution >= 4 is 21.6 Å². The predicted molar refractivity (Wildman–Crippen MR) is 83.0 cm³/mol. The van der Waals surface area contributed by atoms with Gasteiger partial charge in [0.15, 0.2) is 0 Å². The number of halogens is 1. The van der Waals surface area contributed by atoms with Crippen LogP contribution < -0.4 is 10.0 Å². The monoisotopic (exact) mass is 332 g/mol. The summed E-state index contributed by atoms with van der Waals surface area (Å²) in [5.74, 6) is 0. The number of ether oxygens (including phenoxy) is 1. The summed E-state index contributed by atoms with van der Waals surface area (Å²) in [7, 11) is -1.74. The predicted octanol–water partition coefficient (Wildman–Crippen LogP) is 1.91. The molecule has 2 rings (SSSR count). The Morgan fingerprint density at radius 1 is 1.43 bits per heavy atom. The maximum Gasteiger partial charge on any atom is 0.240 e. The molecule has 0 aliphatic carbocycles. The first kappa shape index (κ1) is 16.7. The molecule has 1 aromatic carbocycles. The maximum atomic E-state index is 12.5. The SMILES string of the molecule is CNCc1cc(S(=O)(=O)NC2CCOC(C)C2)ccc1Cl. The van der Waals surface area contributed by atoms with Crippen LogP contribution in [0.3, 0.4) is 0 Å². The van der Waals surface area contributed by atoms with Crippen molar-refractivity contribution in [2.24, 2.45) is 0 Å². The third kappa shape index (κ3) is 4.40. The van der Waals surface area contributed by atoms with Crippen molar-refractivity contribution in [1.82, 2.24) is 10.0 Å². The molecule has 2 N–H and O–H groups in total. The molecule has 21 heavy (non-hydrogen) atoms. The second-order valence-corrected chi connectivity index (χ2v) is 7.43. The highest BCUT2D eigenvalue weighted by atomic mass is 35.5. The molecule has 0 spiro atoms.